The third-order valence-corrected chi connectivity index (χ3v) is 11.8. The second kappa shape index (κ2) is 13.2. The molecule has 0 N–H and O–H groups in total. The molecule has 1 heterocycles. The van der Waals surface area contributed by atoms with Gasteiger partial charge in [0.2, 0.25) is 0 Å². The van der Waals surface area contributed by atoms with Crippen LogP contribution in [0.1, 0.15) is 41.5 Å². The topological polar surface area (TPSA) is 51.2 Å². The SMILES string of the molecule is CC(C)(C)OC(=O)CN1CCN(CCOCCO[Si](c2ccccc2)(c2ccccc2)C(C)(C)C)CC1. The highest BCUT2D eigenvalue weighted by molar-refractivity contribution is 6.99. The van der Waals surface area contributed by atoms with Crippen LogP contribution < -0.4 is 10.4 Å². The summed E-state index contributed by atoms with van der Waals surface area (Å²) >= 11 is 0. The Balaban J connectivity index is 1.46. The second-order valence-electron chi connectivity index (χ2n) is 11.8. The van der Waals surface area contributed by atoms with E-state index in [4.69, 9.17) is 13.9 Å². The molecule has 2 aromatic rings. The van der Waals surface area contributed by atoms with E-state index in [-0.39, 0.29) is 11.0 Å². The van der Waals surface area contributed by atoms with Crippen molar-refractivity contribution in [1.82, 2.24) is 9.80 Å². The number of nitrogens with zero attached hydrogens (tertiary/aromatic N) is 2. The summed E-state index contributed by atoms with van der Waals surface area (Å²) in [5.41, 5.74) is -0.433. The normalized spacial score (nSPS) is 16.1. The van der Waals surface area contributed by atoms with Gasteiger partial charge >= 0.3 is 5.97 Å². The van der Waals surface area contributed by atoms with E-state index in [1.54, 1.807) is 0 Å². The van der Waals surface area contributed by atoms with Crippen LogP contribution in [0.5, 0.6) is 0 Å². The molecule has 0 bridgehead atoms. The molecule has 0 radical (unpaired) electrons. The highest BCUT2D eigenvalue weighted by Crippen LogP contribution is 2.36. The van der Waals surface area contributed by atoms with Crippen molar-refractivity contribution < 1.29 is 18.7 Å². The van der Waals surface area contributed by atoms with Gasteiger partial charge in [0.15, 0.2) is 0 Å². The average molecular weight is 527 g/mol. The molecule has 0 atom stereocenters. The van der Waals surface area contributed by atoms with Crippen molar-refractivity contribution in [2.24, 2.45) is 0 Å². The second-order valence-corrected chi connectivity index (χ2v) is 16.1. The van der Waals surface area contributed by atoms with Crippen molar-refractivity contribution in [2.45, 2.75) is 52.2 Å². The monoisotopic (exact) mass is 526 g/mol. The molecule has 3 rings (SSSR count). The number of piperazine rings is 1. The van der Waals surface area contributed by atoms with Gasteiger partial charge in [-0.3, -0.25) is 14.6 Å². The van der Waals surface area contributed by atoms with Crippen molar-refractivity contribution in [3.8, 4) is 0 Å². The first kappa shape index (κ1) is 29.5. The minimum atomic E-state index is -2.51. The van der Waals surface area contributed by atoms with E-state index in [9.17, 15) is 4.79 Å². The largest absolute Gasteiger partial charge is 0.459 e. The zero-order valence-corrected chi connectivity index (χ0v) is 24.7. The van der Waals surface area contributed by atoms with E-state index in [0.29, 0.717) is 26.4 Å². The van der Waals surface area contributed by atoms with Crippen LogP contribution in [0.15, 0.2) is 60.7 Å². The van der Waals surface area contributed by atoms with Gasteiger partial charge in [-0.1, -0.05) is 81.4 Å². The predicted molar refractivity (Wildman–Crippen MR) is 153 cm³/mol. The molecule has 37 heavy (non-hydrogen) atoms. The molecule has 0 aliphatic carbocycles. The Labute approximate surface area is 225 Å². The summed E-state index contributed by atoms with van der Waals surface area (Å²) in [7, 11) is -2.51. The van der Waals surface area contributed by atoms with Crippen molar-refractivity contribution >= 4 is 24.7 Å². The molecule has 204 valence electrons. The molecule has 0 aromatic heterocycles. The zero-order chi connectivity index (χ0) is 26.9. The molecule has 1 aliphatic heterocycles. The number of rotatable bonds is 11. The minimum absolute atomic E-state index is 0.0330. The van der Waals surface area contributed by atoms with Crippen LogP contribution in [0.2, 0.25) is 5.04 Å². The van der Waals surface area contributed by atoms with Crippen LogP contribution in [-0.2, 0) is 18.7 Å². The first-order valence-corrected chi connectivity index (χ1v) is 15.4. The Morgan fingerprint density at radius 1 is 0.757 bits per heavy atom. The molecule has 1 fully saturated rings. The van der Waals surface area contributed by atoms with Crippen LogP contribution in [0.4, 0.5) is 0 Å². The maximum Gasteiger partial charge on any atom is 0.320 e. The summed E-state index contributed by atoms with van der Waals surface area (Å²) in [4.78, 5) is 16.7. The lowest BCUT2D eigenvalue weighted by Gasteiger charge is -2.43. The molecule has 2 aromatic carbocycles. The third kappa shape index (κ3) is 8.48. The quantitative estimate of drug-likeness (QED) is 0.254. The zero-order valence-electron chi connectivity index (χ0n) is 23.7. The lowest BCUT2D eigenvalue weighted by atomic mass is 10.2. The van der Waals surface area contributed by atoms with Crippen molar-refractivity contribution in [1.29, 1.82) is 0 Å². The van der Waals surface area contributed by atoms with Gasteiger partial charge < -0.3 is 13.9 Å². The van der Waals surface area contributed by atoms with Gasteiger partial charge in [-0.2, -0.15) is 0 Å². The van der Waals surface area contributed by atoms with E-state index in [2.05, 4.69) is 91.2 Å². The molecule has 6 nitrogen and oxygen atoms in total. The molecular formula is C30H46N2O4Si. The predicted octanol–water partition coefficient (Wildman–Crippen LogP) is 3.54. The summed E-state index contributed by atoms with van der Waals surface area (Å²) in [6.07, 6.45) is 0. The van der Waals surface area contributed by atoms with E-state index in [1.807, 2.05) is 20.8 Å². The van der Waals surface area contributed by atoms with E-state index in [1.165, 1.54) is 10.4 Å². The molecular weight excluding hydrogens is 480 g/mol. The summed E-state index contributed by atoms with van der Waals surface area (Å²) in [6.45, 7) is 19.3. The molecule has 0 spiro atoms. The number of hydrogen-bond acceptors (Lipinski definition) is 6. The lowest BCUT2D eigenvalue weighted by Crippen LogP contribution is -2.66. The van der Waals surface area contributed by atoms with Crippen LogP contribution in [0.3, 0.4) is 0 Å². The number of ether oxygens (including phenoxy) is 2. The molecule has 0 saturated carbocycles. The Morgan fingerprint density at radius 2 is 1.27 bits per heavy atom. The van der Waals surface area contributed by atoms with Gasteiger partial charge in [-0.25, -0.2) is 0 Å². The Bertz CT molecular complexity index is 910. The van der Waals surface area contributed by atoms with Crippen molar-refractivity contribution in [3.63, 3.8) is 0 Å². The van der Waals surface area contributed by atoms with Crippen LogP contribution in [-0.4, -0.2) is 88.8 Å². The van der Waals surface area contributed by atoms with E-state index in [0.717, 1.165) is 32.7 Å². The fraction of sp³-hybridized carbons (Fsp3) is 0.567. The lowest BCUT2D eigenvalue weighted by molar-refractivity contribution is -0.156. The third-order valence-electron chi connectivity index (χ3n) is 6.75. The van der Waals surface area contributed by atoms with Crippen LogP contribution in [0.25, 0.3) is 0 Å². The number of hydrogen-bond donors (Lipinski definition) is 0. The summed E-state index contributed by atoms with van der Waals surface area (Å²) < 4.78 is 18.4. The maximum atomic E-state index is 12.1. The standard InChI is InChI=1S/C30H46N2O4Si/c1-29(2,3)36-28(33)25-32-19-17-31(18-20-32)21-22-34-23-24-35-37(30(4,5)6,26-13-9-7-10-14-26)27-15-11-8-12-16-27/h7-16H,17-25H2,1-6H3. The molecule has 1 aliphatic rings. The molecule has 0 amide bonds. The van der Waals surface area contributed by atoms with Crippen molar-refractivity contribution in [3.05, 3.63) is 60.7 Å². The van der Waals surface area contributed by atoms with Crippen molar-refractivity contribution in [2.75, 3.05) is 59.1 Å². The Hall–Kier alpha value is -2.03. The van der Waals surface area contributed by atoms with Gasteiger partial charge in [0.1, 0.15) is 5.60 Å². The Kier molecular flexibility index (Phi) is 10.5. The van der Waals surface area contributed by atoms with Crippen LogP contribution in [0, 0.1) is 0 Å². The number of carbonyl (C=O) groups excluding carboxylic acids is 1. The van der Waals surface area contributed by atoms with Gasteiger partial charge in [0.25, 0.3) is 8.32 Å². The first-order chi connectivity index (χ1) is 17.5. The maximum absolute atomic E-state index is 12.1. The van der Waals surface area contributed by atoms with E-state index >= 15 is 0 Å². The fourth-order valence-electron chi connectivity index (χ4n) is 5.04. The van der Waals surface area contributed by atoms with Gasteiger partial charge in [0, 0.05) is 32.7 Å². The molecule has 0 unspecified atom stereocenters. The highest BCUT2D eigenvalue weighted by Gasteiger charge is 2.50. The summed E-state index contributed by atoms with van der Waals surface area (Å²) in [5, 5.41) is 2.55. The van der Waals surface area contributed by atoms with E-state index < -0.39 is 13.9 Å². The van der Waals surface area contributed by atoms with Crippen LogP contribution >= 0.6 is 0 Å². The van der Waals surface area contributed by atoms with Gasteiger partial charge in [-0.05, 0) is 36.2 Å². The number of esters is 1. The minimum Gasteiger partial charge on any atom is -0.459 e. The molecule has 1 saturated heterocycles. The summed E-state index contributed by atoms with van der Waals surface area (Å²) in [5.74, 6) is -0.148. The smallest absolute Gasteiger partial charge is 0.320 e. The van der Waals surface area contributed by atoms with Gasteiger partial charge in [0.05, 0.1) is 26.4 Å². The summed E-state index contributed by atoms with van der Waals surface area (Å²) in [6, 6.07) is 21.4. The molecule has 7 heteroatoms. The first-order valence-electron chi connectivity index (χ1n) is 13.5. The Morgan fingerprint density at radius 3 is 1.76 bits per heavy atom. The number of benzene rings is 2. The average Bonchev–Trinajstić information content (AvgIpc) is 2.84. The highest BCUT2D eigenvalue weighted by atomic mass is 28.4. The number of carbonyl (C=O) groups is 1. The van der Waals surface area contributed by atoms with Gasteiger partial charge in [-0.15, -0.1) is 0 Å². The fourth-order valence-corrected chi connectivity index (χ4v) is 9.58.